The van der Waals surface area contributed by atoms with Gasteiger partial charge in [-0.25, -0.2) is 4.79 Å². The standard InChI is InChI=1S/C19H18N4O5/c1-10-14(9-20-22(10)3)16-13(8-15(24)21(16)2)19(27)28-23-17(25)11-6-4-5-7-12(11)18(23)26/h4-7,9,13,16H,8H2,1-3H3/t13-,16-/m0/s1. The number of rotatable bonds is 3. The van der Waals surface area contributed by atoms with Gasteiger partial charge in [-0.15, -0.1) is 0 Å². The van der Waals surface area contributed by atoms with Crippen molar-refractivity contribution in [2.45, 2.75) is 19.4 Å². The van der Waals surface area contributed by atoms with Gasteiger partial charge in [-0.05, 0) is 19.1 Å². The monoisotopic (exact) mass is 382 g/mol. The van der Waals surface area contributed by atoms with E-state index in [0.29, 0.717) is 5.06 Å². The number of nitrogens with zero attached hydrogens (tertiary/aromatic N) is 4. The van der Waals surface area contributed by atoms with Crippen molar-refractivity contribution in [3.8, 4) is 0 Å². The van der Waals surface area contributed by atoms with Crippen LogP contribution in [-0.4, -0.2) is 50.5 Å². The third-order valence-electron chi connectivity index (χ3n) is 5.42. The Morgan fingerprint density at radius 1 is 1.11 bits per heavy atom. The van der Waals surface area contributed by atoms with Gasteiger partial charge in [-0.3, -0.25) is 19.1 Å². The Hall–Kier alpha value is -3.49. The van der Waals surface area contributed by atoms with Crippen LogP contribution in [0.15, 0.2) is 30.5 Å². The molecule has 1 aromatic heterocycles. The number of carbonyl (C=O) groups excluding carboxylic acids is 4. The number of fused-ring (bicyclic) bond motifs is 1. The first-order chi connectivity index (χ1) is 13.3. The Morgan fingerprint density at radius 2 is 1.71 bits per heavy atom. The van der Waals surface area contributed by atoms with E-state index in [4.69, 9.17) is 4.84 Å². The maximum atomic E-state index is 12.9. The lowest BCUT2D eigenvalue weighted by atomic mass is 9.94. The minimum atomic E-state index is -0.857. The summed E-state index contributed by atoms with van der Waals surface area (Å²) < 4.78 is 1.65. The molecule has 1 fully saturated rings. The first-order valence-electron chi connectivity index (χ1n) is 8.75. The highest BCUT2D eigenvalue weighted by Crippen LogP contribution is 2.39. The quantitative estimate of drug-likeness (QED) is 0.734. The van der Waals surface area contributed by atoms with Crippen molar-refractivity contribution in [2.75, 3.05) is 7.05 Å². The SMILES string of the molecule is Cc1c([C@@H]2[C@@H](C(=O)ON3C(=O)c4ccccc4C3=O)CC(=O)N2C)cnn1C. The topological polar surface area (TPSA) is 102 Å². The number of hydrogen-bond donors (Lipinski definition) is 0. The summed E-state index contributed by atoms with van der Waals surface area (Å²) in [5, 5.41) is 4.65. The van der Waals surface area contributed by atoms with E-state index in [1.54, 1.807) is 37.1 Å². The van der Waals surface area contributed by atoms with Crippen molar-refractivity contribution in [1.82, 2.24) is 19.7 Å². The van der Waals surface area contributed by atoms with Crippen molar-refractivity contribution in [1.29, 1.82) is 0 Å². The van der Waals surface area contributed by atoms with E-state index in [-0.39, 0.29) is 23.5 Å². The van der Waals surface area contributed by atoms with Crippen molar-refractivity contribution in [2.24, 2.45) is 13.0 Å². The molecule has 0 unspecified atom stereocenters. The third-order valence-corrected chi connectivity index (χ3v) is 5.42. The highest BCUT2D eigenvalue weighted by Gasteiger charge is 2.47. The number of aryl methyl sites for hydroxylation is 1. The average Bonchev–Trinajstić information content (AvgIpc) is 3.25. The molecule has 3 amide bonds. The fourth-order valence-corrected chi connectivity index (χ4v) is 3.72. The smallest absolute Gasteiger partial charge is 0.338 e. The predicted molar refractivity (Wildman–Crippen MR) is 94.6 cm³/mol. The lowest BCUT2D eigenvalue weighted by Gasteiger charge is -2.24. The number of hydroxylamine groups is 2. The zero-order valence-corrected chi connectivity index (χ0v) is 15.6. The number of imide groups is 1. The highest BCUT2D eigenvalue weighted by atomic mass is 16.7. The zero-order chi connectivity index (χ0) is 20.2. The molecule has 2 atom stereocenters. The molecular formula is C19H18N4O5. The summed E-state index contributed by atoms with van der Waals surface area (Å²) in [4.78, 5) is 56.7. The average molecular weight is 382 g/mol. The van der Waals surface area contributed by atoms with Gasteiger partial charge >= 0.3 is 5.97 Å². The molecule has 28 heavy (non-hydrogen) atoms. The van der Waals surface area contributed by atoms with Crippen molar-refractivity contribution in [3.05, 3.63) is 52.8 Å². The van der Waals surface area contributed by atoms with Gasteiger partial charge < -0.3 is 9.74 Å². The number of carbonyl (C=O) groups is 4. The van der Waals surface area contributed by atoms with Crippen LogP contribution in [0, 0.1) is 12.8 Å². The third kappa shape index (κ3) is 2.50. The van der Waals surface area contributed by atoms with Gasteiger partial charge in [0.15, 0.2) is 0 Å². The molecule has 2 aromatic rings. The number of aromatic nitrogens is 2. The van der Waals surface area contributed by atoms with E-state index in [9.17, 15) is 19.2 Å². The molecule has 144 valence electrons. The molecule has 0 radical (unpaired) electrons. The second-order valence-electron chi connectivity index (χ2n) is 6.93. The van der Waals surface area contributed by atoms with Gasteiger partial charge in [-0.2, -0.15) is 5.10 Å². The number of benzene rings is 1. The Bertz CT molecular complexity index is 992. The van der Waals surface area contributed by atoms with Crippen LogP contribution >= 0.6 is 0 Å². The van der Waals surface area contributed by atoms with Gasteiger partial charge in [-0.1, -0.05) is 17.2 Å². The first kappa shape index (κ1) is 17.9. The molecule has 0 N–H and O–H groups in total. The normalized spacial score (nSPS) is 21.5. The van der Waals surface area contributed by atoms with E-state index in [1.807, 2.05) is 6.92 Å². The van der Waals surface area contributed by atoms with Gasteiger partial charge in [0.2, 0.25) is 5.91 Å². The van der Waals surface area contributed by atoms with Crippen LogP contribution in [0.25, 0.3) is 0 Å². The Kier molecular flexibility index (Phi) is 4.02. The minimum Gasteiger partial charge on any atom is -0.338 e. The van der Waals surface area contributed by atoms with Gasteiger partial charge in [0.25, 0.3) is 11.8 Å². The van der Waals surface area contributed by atoms with Gasteiger partial charge in [0, 0.05) is 31.8 Å². The van der Waals surface area contributed by atoms with E-state index in [0.717, 1.165) is 11.3 Å². The minimum absolute atomic E-state index is 0.0719. The molecule has 0 saturated carbocycles. The van der Waals surface area contributed by atoms with E-state index < -0.39 is 29.7 Å². The second-order valence-corrected chi connectivity index (χ2v) is 6.93. The Labute approximate surface area is 160 Å². The largest absolute Gasteiger partial charge is 0.339 e. The molecule has 1 saturated heterocycles. The van der Waals surface area contributed by atoms with Crippen LogP contribution in [0.4, 0.5) is 0 Å². The summed E-state index contributed by atoms with van der Waals surface area (Å²) in [5.41, 5.74) is 1.89. The molecule has 9 heteroatoms. The predicted octanol–water partition coefficient (Wildman–Crippen LogP) is 1.00. The second kappa shape index (κ2) is 6.29. The van der Waals surface area contributed by atoms with Crippen LogP contribution in [0.2, 0.25) is 0 Å². The number of amides is 3. The first-order valence-corrected chi connectivity index (χ1v) is 8.75. The summed E-state index contributed by atoms with van der Waals surface area (Å²) in [5.74, 6) is -3.27. The fraction of sp³-hybridized carbons (Fsp3) is 0.316. The Balaban J connectivity index is 1.61. The summed E-state index contributed by atoms with van der Waals surface area (Å²) in [6.45, 7) is 1.84. The van der Waals surface area contributed by atoms with E-state index in [2.05, 4.69) is 5.10 Å². The van der Waals surface area contributed by atoms with Crippen LogP contribution in [-0.2, 0) is 21.5 Å². The number of hydrogen-bond acceptors (Lipinski definition) is 6. The number of likely N-dealkylation sites (tertiary alicyclic amines) is 1. The maximum absolute atomic E-state index is 12.9. The van der Waals surface area contributed by atoms with Gasteiger partial charge in [0.1, 0.15) is 0 Å². The molecule has 1 aromatic carbocycles. The Morgan fingerprint density at radius 3 is 2.25 bits per heavy atom. The zero-order valence-electron chi connectivity index (χ0n) is 15.6. The van der Waals surface area contributed by atoms with E-state index >= 15 is 0 Å². The van der Waals surface area contributed by atoms with Crippen molar-refractivity contribution in [3.63, 3.8) is 0 Å². The van der Waals surface area contributed by atoms with Gasteiger partial charge in [0.05, 0.1) is 29.3 Å². The maximum Gasteiger partial charge on any atom is 0.339 e. The molecule has 4 rings (SSSR count). The van der Waals surface area contributed by atoms with Crippen LogP contribution in [0.3, 0.4) is 0 Å². The lowest BCUT2D eigenvalue weighted by molar-refractivity contribution is -0.174. The molecule has 3 heterocycles. The molecule has 2 aliphatic rings. The summed E-state index contributed by atoms with van der Waals surface area (Å²) in [7, 11) is 3.37. The van der Waals surface area contributed by atoms with Crippen LogP contribution < -0.4 is 0 Å². The highest BCUT2D eigenvalue weighted by molar-refractivity contribution is 6.20. The fourth-order valence-electron chi connectivity index (χ4n) is 3.72. The summed E-state index contributed by atoms with van der Waals surface area (Å²) in [6.07, 6.45) is 1.54. The molecule has 0 aliphatic carbocycles. The molecule has 0 spiro atoms. The van der Waals surface area contributed by atoms with E-state index in [1.165, 1.54) is 17.0 Å². The summed E-state index contributed by atoms with van der Waals surface area (Å²) in [6, 6.07) is 5.67. The van der Waals surface area contributed by atoms with Crippen LogP contribution in [0.5, 0.6) is 0 Å². The van der Waals surface area contributed by atoms with Crippen molar-refractivity contribution < 1.29 is 24.0 Å². The molecule has 0 bridgehead atoms. The molecule has 2 aliphatic heterocycles. The lowest BCUT2D eigenvalue weighted by Crippen LogP contribution is -2.36. The molecule has 9 nitrogen and oxygen atoms in total. The van der Waals surface area contributed by atoms with Crippen molar-refractivity contribution >= 4 is 23.7 Å². The molecular weight excluding hydrogens is 364 g/mol. The van der Waals surface area contributed by atoms with Crippen LogP contribution in [0.1, 0.15) is 44.4 Å². The summed E-state index contributed by atoms with van der Waals surface area (Å²) >= 11 is 0.